The average Bonchev–Trinajstić information content (AvgIpc) is 2.41. The number of carbonyl (C=O) groups excluding carboxylic acids is 1. The fourth-order valence-electron chi connectivity index (χ4n) is 2.91. The fraction of sp³-hybridized carbons (Fsp3) is 0.909. The van der Waals surface area contributed by atoms with Gasteiger partial charge in [0.2, 0.25) is 0 Å². The van der Waals surface area contributed by atoms with Gasteiger partial charge in [0.25, 0.3) is 0 Å². The zero-order valence-electron chi connectivity index (χ0n) is 20.0. The molecule has 0 fully saturated rings. The minimum atomic E-state index is -2.13. The van der Waals surface area contributed by atoms with Crippen molar-refractivity contribution in [2.75, 3.05) is 0 Å². The molecule has 0 saturated heterocycles. The Bertz CT molecular complexity index is 514. The van der Waals surface area contributed by atoms with Crippen molar-refractivity contribution in [3.63, 3.8) is 0 Å². The van der Waals surface area contributed by atoms with E-state index in [4.69, 9.17) is 9.16 Å². The van der Waals surface area contributed by atoms with Crippen LogP contribution in [0.15, 0.2) is 0 Å². The van der Waals surface area contributed by atoms with Gasteiger partial charge in [-0.25, -0.2) is 0 Å². The molecule has 0 saturated carbocycles. The number of ether oxygens (including phenoxy) is 1. The Morgan fingerprint density at radius 3 is 1.82 bits per heavy atom. The Hall–Kier alpha value is -0.883. The molecule has 5 nitrogen and oxygen atoms in total. The van der Waals surface area contributed by atoms with Crippen molar-refractivity contribution in [3.05, 3.63) is 0 Å². The molecule has 0 amide bonds. The van der Waals surface area contributed by atoms with E-state index in [1.54, 1.807) is 6.92 Å². The lowest BCUT2D eigenvalue weighted by Gasteiger charge is -2.42. The van der Waals surface area contributed by atoms with Crippen LogP contribution in [0.5, 0.6) is 0 Å². The van der Waals surface area contributed by atoms with E-state index in [1.165, 1.54) is 0 Å². The summed E-state index contributed by atoms with van der Waals surface area (Å²) in [6, 6.07) is 0. The van der Waals surface area contributed by atoms with E-state index in [0.29, 0.717) is 12.3 Å². The molecule has 166 valence electrons. The second-order valence-electron chi connectivity index (χ2n) is 11.1. The molecule has 0 aliphatic heterocycles. The Morgan fingerprint density at radius 2 is 1.46 bits per heavy atom. The Morgan fingerprint density at radius 1 is 0.964 bits per heavy atom. The zero-order chi connectivity index (χ0) is 22.5. The van der Waals surface area contributed by atoms with Crippen molar-refractivity contribution < 1.29 is 23.9 Å². The maximum Gasteiger partial charge on any atom is 0.306 e. The lowest BCUT2D eigenvalue weighted by molar-refractivity contribution is -0.157. The largest absolute Gasteiger partial charge is 0.481 e. The maximum absolute atomic E-state index is 12.6. The number of hydrogen-bond acceptors (Lipinski definition) is 4. The van der Waals surface area contributed by atoms with Crippen LogP contribution >= 0.6 is 0 Å². The van der Waals surface area contributed by atoms with Gasteiger partial charge in [-0.05, 0) is 63.6 Å². The average molecular weight is 417 g/mol. The van der Waals surface area contributed by atoms with Gasteiger partial charge in [0.05, 0.1) is 12.3 Å². The molecule has 1 unspecified atom stereocenters. The van der Waals surface area contributed by atoms with E-state index >= 15 is 0 Å². The highest BCUT2D eigenvalue weighted by atomic mass is 28.4. The summed E-state index contributed by atoms with van der Waals surface area (Å²) in [5, 5.41) is 9.46. The molecule has 0 aliphatic carbocycles. The van der Waals surface area contributed by atoms with Crippen LogP contribution in [0, 0.1) is 17.8 Å². The van der Waals surface area contributed by atoms with E-state index in [1.807, 2.05) is 20.8 Å². The summed E-state index contributed by atoms with van der Waals surface area (Å²) in [6.07, 6.45) is 1.18. The van der Waals surface area contributed by atoms with E-state index in [9.17, 15) is 14.7 Å². The summed E-state index contributed by atoms with van der Waals surface area (Å²) < 4.78 is 12.2. The molecule has 28 heavy (non-hydrogen) atoms. The van der Waals surface area contributed by atoms with Crippen molar-refractivity contribution in [2.45, 2.75) is 111 Å². The van der Waals surface area contributed by atoms with Crippen LogP contribution in [-0.4, -0.2) is 37.1 Å². The molecule has 0 radical (unpaired) electrons. The molecule has 0 aliphatic rings. The highest BCUT2D eigenvalue weighted by molar-refractivity contribution is 6.74. The van der Waals surface area contributed by atoms with Crippen molar-refractivity contribution in [1.82, 2.24) is 0 Å². The van der Waals surface area contributed by atoms with Gasteiger partial charge in [-0.2, -0.15) is 0 Å². The number of carboxylic acids is 1. The molecule has 0 aromatic heterocycles. The predicted octanol–water partition coefficient (Wildman–Crippen LogP) is 5.88. The fourth-order valence-corrected chi connectivity index (χ4v) is 4.31. The summed E-state index contributed by atoms with van der Waals surface area (Å²) >= 11 is 0. The van der Waals surface area contributed by atoms with E-state index in [-0.39, 0.29) is 29.5 Å². The number of hydrogen-bond donors (Lipinski definition) is 1. The molecule has 0 aromatic carbocycles. The van der Waals surface area contributed by atoms with Crippen LogP contribution in [0.3, 0.4) is 0 Å². The normalized spacial score (nSPS) is 16.6. The third-order valence-corrected chi connectivity index (χ3v) is 9.91. The zero-order valence-corrected chi connectivity index (χ0v) is 21.0. The van der Waals surface area contributed by atoms with E-state index in [2.05, 4.69) is 47.7 Å². The first-order chi connectivity index (χ1) is 12.4. The first kappa shape index (κ1) is 27.1. The van der Waals surface area contributed by atoms with E-state index in [0.717, 1.165) is 6.42 Å². The smallest absolute Gasteiger partial charge is 0.306 e. The van der Waals surface area contributed by atoms with Crippen LogP contribution in [0.4, 0.5) is 0 Å². The third kappa shape index (κ3) is 10.1. The number of carboxylic acid groups (broad SMARTS) is 1. The van der Waals surface area contributed by atoms with Crippen molar-refractivity contribution in [2.24, 2.45) is 17.8 Å². The van der Waals surface area contributed by atoms with Gasteiger partial charge in [0, 0.05) is 6.10 Å². The first-order valence-corrected chi connectivity index (χ1v) is 13.4. The molecule has 0 bridgehead atoms. The molecular formula is C22H44O5Si. The lowest BCUT2D eigenvalue weighted by Crippen LogP contribution is -2.47. The van der Waals surface area contributed by atoms with Crippen molar-refractivity contribution in [1.29, 1.82) is 0 Å². The topological polar surface area (TPSA) is 72.8 Å². The Labute approximate surface area is 173 Å². The number of esters is 1. The lowest BCUT2D eigenvalue weighted by atomic mass is 9.85. The van der Waals surface area contributed by atoms with E-state index < -0.39 is 25.8 Å². The molecule has 0 spiro atoms. The maximum atomic E-state index is 12.6. The standard InChI is InChI=1S/C22H44O5Si/c1-15(2)12-17(14-19(23)26-21(4,5)6)18(13-16(3)20(24)25)27-28(10,11)22(7,8)9/h15-18H,12-14H2,1-11H3,(H,24,25)/t16-,17?,18+/m1/s1. The van der Waals surface area contributed by atoms with Gasteiger partial charge < -0.3 is 14.3 Å². The number of carbonyl (C=O) groups is 2. The van der Waals surface area contributed by atoms with Gasteiger partial charge >= 0.3 is 11.9 Å². The monoisotopic (exact) mass is 416 g/mol. The highest BCUT2D eigenvalue weighted by Crippen LogP contribution is 2.40. The summed E-state index contributed by atoms with van der Waals surface area (Å²) in [4.78, 5) is 24.1. The van der Waals surface area contributed by atoms with Gasteiger partial charge in [-0.3, -0.25) is 9.59 Å². The third-order valence-electron chi connectivity index (χ3n) is 5.41. The van der Waals surface area contributed by atoms with Crippen molar-refractivity contribution in [3.8, 4) is 0 Å². The molecule has 3 atom stereocenters. The summed E-state index contributed by atoms with van der Waals surface area (Å²) in [5.74, 6) is -1.29. The van der Waals surface area contributed by atoms with Crippen LogP contribution in [-0.2, 0) is 18.8 Å². The minimum absolute atomic E-state index is 0.00596. The summed E-state index contributed by atoms with van der Waals surface area (Å²) in [6.45, 7) is 22.4. The van der Waals surface area contributed by atoms with Crippen molar-refractivity contribution >= 4 is 20.3 Å². The number of rotatable bonds is 10. The molecule has 0 aromatic rings. The van der Waals surface area contributed by atoms with Gasteiger partial charge in [-0.15, -0.1) is 0 Å². The number of aliphatic carboxylic acids is 1. The van der Waals surface area contributed by atoms with Crippen LogP contribution < -0.4 is 0 Å². The molecular weight excluding hydrogens is 372 g/mol. The van der Waals surface area contributed by atoms with Gasteiger partial charge in [0.1, 0.15) is 5.60 Å². The highest BCUT2D eigenvalue weighted by Gasteiger charge is 2.42. The quantitative estimate of drug-likeness (QED) is 0.355. The Balaban J connectivity index is 5.74. The molecule has 0 heterocycles. The second-order valence-corrected chi connectivity index (χ2v) is 15.8. The predicted molar refractivity (Wildman–Crippen MR) is 117 cm³/mol. The van der Waals surface area contributed by atoms with Crippen LogP contribution in [0.25, 0.3) is 0 Å². The molecule has 0 rings (SSSR count). The summed E-state index contributed by atoms with van der Waals surface area (Å²) in [5.41, 5.74) is -0.538. The van der Waals surface area contributed by atoms with Crippen LogP contribution in [0.1, 0.15) is 81.6 Å². The Kier molecular flexibility index (Phi) is 9.91. The van der Waals surface area contributed by atoms with Crippen LogP contribution in [0.2, 0.25) is 18.1 Å². The SMILES string of the molecule is CC(C)CC(CC(=O)OC(C)(C)C)[C@H](C[C@@H](C)C(=O)O)O[Si](C)(C)C(C)(C)C. The molecule has 6 heteroatoms. The minimum Gasteiger partial charge on any atom is -0.481 e. The van der Waals surface area contributed by atoms with Gasteiger partial charge in [0.15, 0.2) is 8.32 Å². The van der Waals surface area contributed by atoms with Gasteiger partial charge in [-0.1, -0.05) is 41.5 Å². The first-order valence-electron chi connectivity index (χ1n) is 10.5. The second kappa shape index (κ2) is 10.2. The molecule has 1 N–H and O–H groups in total. The summed E-state index contributed by atoms with van der Waals surface area (Å²) in [7, 11) is -2.13.